The third kappa shape index (κ3) is 3.55. The predicted molar refractivity (Wildman–Crippen MR) is 104 cm³/mol. The topological polar surface area (TPSA) is 46.4 Å². The molecule has 0 atom stereocenters. The number of imidazole rings is 1. The molecule has 0 bridgehead atoms. The number of carbonyl (C=O) groups is 1. The molecule has 4 rings (SSSR count). The van der Waals surface area contributed by atoms with Crippen LogP contribution in [0.4, 0.5) is 10.1 Å². The smallest absolute Gasteiger partial charge is 0.230 e. The fourth-order valence-corrected chi connectivity index (χ4v) is 3.09. The maximum Gasteiger partial charge on any atom is 0.230 e. The lowest BCUT2D eigenvalue weighted by Gasteiger charge is -2.08. The van der Waals surface area contributed by atoms with Crippen LogP contribution < -0.4 is 5.32 Å². The maximum atomic E-state index is 13.8. The number of nitrogens with one attached hydrogen (secondary N) is 1. The number of anilines is 1. The number of benzene rings is 2. The molecule has 0 spiro atoms. The Hall–Kier alpha value is -3.18. The molecule has 2 heterocycles. The third-order valence-electron chi connectivity index (χ3n) is 4.22. The largest absolute Gasteiger partial charge is 0.323 e. The first-order valence-electron chi connectivity index (χ1n) is 8.38. The van der Waals surface area contributed by atoms with E-state index in [1.165, 1.54) is 12.1 Å². The minimum absolute atomic E-state index is 0.0530. The molecule has 1 amide bonds. The van der Waals surface area contributed by atoms with E-state index in [0.29, 0.717) is 10.7 Å². The van der Waals surface area contributed by atoms with Crippen LogP contribution in [0.5, 0.6) is 0 Å². The molecule has 0 saturated carbocycles. The molecule has 4 nitrogen and oxygen atoms in total. The highest BCUT2D eigenvalue weighted by Crippen LogP contribution is 2.26. The van der Waals surface area contributed by atoms with Crippen LogP contribution in [0.1, 0.15) is 5.69 Å². The van der Waals surface area contributed by atoms with Gasteiger partial charge in [0.15, 0.2) is 0 Å². The fraction of sp³-hybridized carbons (Fsp3) is 0.0476. The van der Waals surface area contributed by atoms with Gasteiger partial charge in [0, 0.05) is 16.8 Å². The van der Waals surface area contributed by atoms with Crippen molar-refractivity contribution in [3.63, 3.8) is 0 Å². The molecule has 0 unspecified atom stereocenters. The molecule has 6 heteroatoms. The molecule has 0 aliphatic rings. The Morgan fingerprint density at radius 3 is 2.56 bits per heavy atom. The van der Waals surface area contributed by atoms with E-state index >= 15 is 0 Å². The average Bonchev–Trinajstić information content (AvgIpc) is 3.03. The highest BCUT2D eigenvalue weighted by molar-refractivity contribution is 6.30. The summed E-state index contributed by atoms with van der Waals surface area (Å²) in [5.74, 6) is -0.789. The molecule has 2 aromatic carbocycles. The van der Waals surface area contributed by atoms with E-state index in [4.69, 9.17) is 11.6 Å². The van der Waals surface area contributed by atoms with Crippen molar-refractivity contribution >= 4 is 28.8 Å². The van der Waals surface area contributed by atoms with Crippen LogP contribution in [0.15, 0.2) is 72.9 Å². The number of para-hydroxylation sites is 1. The lowest BCUT2D eigenvalue weighted by Crippen LogP contribution is -2.16. The van der Waals surface area contributed by atoms with Crippen LogP contribution >= 0.6 is 11.6 Å². The second-order valence-corrected chi connectivity index (χ2v) is 6.48. The van der Waals surface area contributed by atoms with Crippen molar-refractivity contribution in [1.29, 1.82) is 0 Å². The van der Waals surface area contributed by atoms with Gasteiger partial charge in [-0.3, -0.25) is 4.79 Å². The van der Waals surface area contributed by atoms with Gasteiger partial charge in [0.05, 0.1) is 23.5 Å². The Bertz CT molecular complexity index is 1120. The van der Waals surface area contributed by atoms with E-state index in [0.717, 1.165) is 16.9 Å². The minimum atomic E-state index is -0.470. The first-order valence-corrected chi connectivity index (χ1v) is 8.76. The van der Waals surface area contributed by atoms with Crippen molar-refractivity contribution in [2.45, 2.75) is 6.42 Å². The number of rotatable bonds is 4. The molecule has 0 aliphatic carbocycles. The Balaban J connectivity index is 1.71. The summed E-state index contributed by atoms with van der Waals surface area (Å²) in [6.45, 7) is 0. The molecular formula is C21H15ClFN3O. The molecule has 0 aliphatic heterocycles. The van der Waals surface area contributed by atoms with E-state index in [1.807, 2.05) is 40.9 Å². The molecule has 27 heavy (non-hydrogen) atoms. The van der Waals surface area contributed by atoms with Gasteiger partial charge < -0.3 is 9.72 Å². The maximum absolute atomic E-state index is 13.8. The Labute approximate surface area is 160 Å². The fourth-order valence-electron chi connectivity index (χ4n) is 2.96. The SMILES string of the molecule is O=C(Cc1c(-c2ccc(Cl)cc2)nc2ccccn12)Nc1ccccc1F. The van der Waals surface area contributed by atoms with E-state index in [-0.39, 0.29) is 18.0 Å². The van der Waals surface area contributed by atoms with Crippen molar-refractivity contribution in [3.8, 4) is 11.3 Å². The summed E-state index contributed by atoms with van der Waals surface area (Å²) in [4.78, 5) is 17.2. The molecule has 134 valence electrons. The van der Waals surface area contributed by atoms with Gasteiger partial charge in [0.1, 0.15) is 11.5 Å². The second kappa shape index (κ2) is 7.21. The Kier molecular flexibility index (Phi) is 4.60. The lowest BCUT2D eigenvalue weighted by molar-refractivity contribution is -0.115. The van der Waals surface area contributed by atoms with Crippen molar-refractivity contribution < 1.29 is 9.18 Å². The van der Waals surface area contributed by atoms with Gasteiger partial charge in [-0.15, -0.1) is 0 Å². The van der Waals surface area contributed by atoms with Gasteiger partial charge in [0.2, 0.25) is 5.91 Å². The number of nitrogens with zero attached hydrogens (tertiary/aromatic N) is 2. The lowest BCUT2D eigenvalue weighted by atomic mass is 10.1. The molecule has 2 aromatic heterocycles. The molecule has 0 saturated heterocycles. The standard InChI is InChI=1S/C21H15ClFN3O/c22-15-10-8-14(9-11-15)21-18(26-12-4-3-7-19(26)25-21)13-20(27)24-17-6-2-1-5-16(17)23/h1-12H,13H2,(H,24,27). The number of aromatic nitrogens is 2. The number of amides is 1. The highest BCUT2D eigenvalue weighted by Gasteiger charge is 2.17. The summed E-state index contributed by atoms with van der Waals surface area (Å²) in [5.41, 5.74) is 3.17. The van der Waals surface area contributed by atoms with E-state index in [9.17, 15) is 9.18 Å². The third-order valence-corrected chi connectivity index (χ3v) is 4.47. The van der Waals surface area contributed by atoms with Gasteiger partial charge in [-0.1, -0.05) is 41.9 Å². The summed E-state index contributed by atoms with van der Waals surface area (Å²) >= 11 is 5.98. The van der Waals surface area contributed by atoms with Crippen molar-refractivity contribution in [1.82, 2.24) is 9.38 Å². The summed E-state index contributed by atoms with van der Waals surface area (Å²) in [5, 5.41) is 3.25. The van der Waals surface area contributed by atoms with Crippen LogP contribution in [-0.2, 0) is 11.2 Å². The summed E-state index contributed by atoms with van der Waals surface area (Å²) < 4.78 is 15.7. The zero-order valence-corrected chi connectivity index (χ0v) is 14.9. The van der Waals surface area contributed by atoms with E-state index in [2.05, 4.69) is 10.3 Å². The molecule has 0 fully saturated rings. The quantitative estimate of drug-likeness (QED) is 0.544. The second-order valence-electron chi connectivity index (χ2n) is 6.05. The van der Waals surface area contributed by atoms with Crippen molar-refractivity contribution in [2.75, 3.05) is 5.32 Å². The summed E-state index contributed by atoms with van der Waals surface area (Å²) in [7, 11) is 0. The molecule has 4 aromatic rings. The van der Waals surface area contributed by atoms with Crippen LogP contribution in [-0.4, -0.2) is 15.3 Å². The number of hydrogen-bond donors (Lipinski definition) is 1. The number of carbonyl (C=O) groups excluding carboxylic acids is 1. The van der Waals surface area contributed by atoms with Gasteiger partial charge in [-0.2, -0.15) is 0 Å². The monoisotopic (exact) mass is 379 g/mol. The normalized spacial score (nSPS) is 10.9. The van der Waals surface area contributed by atoms with Crippen LogP contribution in [0.25, 0.3) is 16.9 Å². The van der Waals surface area contributed by atoms with Crippen LogP contribution in [0.2, 0.25) is 5.02 Å². The van der Waals surface area contributed by atoms with Gasteiger partial charge in [-0.25, -0.2) is 9.37 Å². The Morgan fingerprint density at radius 2 is 1.78 bits per heavy atom. The highest BCUT2D eigenvalue weighted by atomic mass is 35.5. The summed E-state index contributed by atoms with van der Waals surface area (Å²) in [6, 6.07) is 19.0. The van der Waals surface area contributed by atoms with E-state index in [1.54, 1.807) is 24.3 Å². The number of hydrogen-bond acceptors (Lipinski definition) is 2. The van der Waals surface area contributed by atoms with Crippen molar-refractivity contribution in [3.05, 3.63) is 89.5 Å². The first kappa shape index (κ1) is 17.2. The Morgan fingerprint density at radius 1 is 1.04 bits per heavy atom. The van der Waals surface area contributed by atoms with Gasteiger partial charge in [-0.05, 0) is 36.4 Å². The number of halogens is 2. The average molecular weight is 380 g/mol. The molecular weight excluding hydrogens is 365 g/mol. The number of fused-ring (bicyclic) bond motifs is 1. The number of pyridine rings is 1. The van der Waals surface area contributed by atoms with Gasteiger partial charge >= 0.3 is 0 Å². The van der Waals surface area contributed by atoms with Crippen LogP contribution in [0, 0.1) is 5.82 Å². The zero-order chi connectivity index (χ0) is 18.8. The minimum Gasteiger partial charge on any atom is -0.323 e. The van der Waals surface area contributed by atoms with Gasteiger partial charge in [0.25, 0.3) is 0 Å². The zero-order valence-electron chi connectivity index (χ0n) is 14.2. The molecule has 0 radical (unpaired) electrons. The predicted octanol–water partition coefficient (Wildman–Crippen LogP) is 4.98. The van der Waals surface area contributed by atoms with Crippen LogP contribution in [0.3, 0.4) is 0 Å². The van der Waals surface area contributed by atoms with Crippen molar-refractivity contribution in [2.24, 2.45) is 0 Å². The summed E-state index contributed by atoms with van der Waals surface area (Å²) in [6.07, 6.45) is 1.91. The van der Waals surface area contributed by atoms with E-state index < -0.39 is 5.82 Å². The first-order chi connectivity index (χ1) is 13.1. The molecule has 1 N–H and O–H groups in total.